The molecule has 0 amide bonds. The van der Waals surface area contributed by atoms with Crippen molar-refractivity contribution in [1.82, 2.24) is 9.78 Å². The van der Waals surface area contributed by atoms with Crippen LogP contribution in [0.25, 0.3) is 0 Å². The van der Waals surface area contributed by atoms with Gasteiger partial charge in [-0.25, -0.2) is 8.42 Å². The fourth-order valence-corrected chi connectivity index (χ4v) is 5.02. The zero-order chi connectivity index (χ0) is 17.3. The predicted octanol–water partition coefficient (Wildman–Crippen LogP) is 2.82. The highest BCUT2D eigenvalue weighted by molar-refractivity contribution is 7.91. The van der Waals surface area contributed by atoms with E-state index < -0.39 is 9.84 Å². The first-order chi connectivity index (χ1) is 11.4. The Morgan fingerprint density at radius 1 is 1.21 bits per heavy atom. The van der Waals surface area contributed by atoms with Crippen molar-refractivity contribution in [3.63, 3.8) is 0 Å². The van der Waals surface area contributed by atoms with Crippen LogP contribution in [0.5, 0.6) is 0 Å². The van der Waals surface area contributed by atoms with Crippen LogP contribution < -0.4 is 5.32 Å². The standard InChI is InChI=1S/C18H25N3O2S/c1-13-4-6-16(7-5-13)8-10-19-18-14(2)20-21(15(18)3)17-9-11-24(22,23)12-17/h4-7,17,19H,8-12H2,1-3H3. The van der Waals surface area contributed by atoms with Gasteiger partial charge in [0.1, 0.15) is 0 Å². The van der Waals surface area contributed by atoms with Crippen LogP contribution in [0, 0.1) is 20.8 Å². The Hall–Kier alpha value is -1.82. The van der Waals surface area contributed by atoms with Crippen LogP contribution in [-0.4, -0.2) is 36.2 Å². The minimum absolute atomic E-state index is 0.0265. The lowest BCUT2D eigenvalue weighted by molar-refractivity contribution is 0.486. The molecule has 1 aromatic carbocycles. The van der Waals surface area contributed by atoms with Crippen LogP contribution in [-0.2, 0) is 16.3 Å². The van der Waals surface area contributed by atoms with Crippen molar-refractivity contribution < 1.29 is 8.42 Å². The maximum absolute atomic E-state index is 11.7. The third-order valence-corrected chi connectivity index (χ3v) is 6.47. The van der Waals surface area contributed by atoms with Crippen molar-refractivity contribution in [2.24, 2.45) is 0 Å². The van der Waals surface area contributed by atoms with Gasteiger partial charge in [-0.1, -0.05) is 29.8 Å². The maximum atomic E-state index is 11.7. The molecule has 1 aliphatic heterocycles. The number of sulfone groups is 1. The van der Waals surface area contributed by atoms with E-state index in [1.165, 1.54) is 11.1 Å². The fourth-order valence-electron chi connectivity index (χ4n) is 3.33. The number of hydrogen-bond acceptors (Lipinski definition) is 4. The summed E-state index contributed by atoms with van der Waals surface area (Å²) in [6, 6.07) is 8.54. The van der Waals surface area contributed by atoms with Crippen LogP contribution in [0.2, 0.25) is 0 Å². The highest BCUT2D eigenvalue weighted by Gasteiger charge is 2.31. The van der Waals surface area contributed by atoms with Gasteiger partial charge in [-0.05, 0) is 39.2 Å². The third kappa shape index (κ3) is 3.64. The van der Waals surface area contributed by atoms with E-state index in [9.17, 15) is 8.42 Å². The molecule has 3 rings (SSSR count). The Kier molecular flexibility index (Phi) is 4.67. The van der Waals surface area contributed by atoms with E-state index in [1.807, 2.05) is 18.5 Å². The van der Waals surface area contributed by atoms with Crippen LogP contribution in [0.15, 0.2) is 24.3 Å². The summed E-state index contributed by atoms with van der Waals surface area (Å²) in [7, 11) is -2.90. The van der Waals surface area contributed by atoms with Crippen molar-refractivity contribution in [3.8, 4) is 0 Å². The lowest BCUT2D eigenvalue weighted by atomic mass is 10.1. The molecule has 24 heavy (non-hydrogen) atoms. The number of hydrogen-bond donors (Lipinski definition) is 1. The first-order valence-corrected chi connectivity index (χ1v) is 10.2. The summed E-state index contributed by atoms with van der Waals surface area (Å²) in [6.45, 7) is 6.91. The molecule has 130 valence electrons. The van der Waals surface area contributed by atoms with Gasteiger partial charge in [0.25, 0.3) is 0 Å². The van der Waals surface area contributed by atoms with Gasteiger partial charge in [0.2, 0.25) is 0 Å². The van der Waals surface area contributed by atoms with E-state index in [4.69, 9.17) is 0 Å². The number of anilines is 1. The quantitative estimate of drug-likeness (QED) is 0.903. The summed E-state index contributed by atoms with van der Waals surface area (Å²) in [4.78, 5) is 0. The molecule has 1 atom stereocenters. The Morgan fingerprint density at radius 2 is 1.92 bits per heavy atom. The van der Waals surface area contributed by atoms with Gasteiger partial charge in [0, 0.05) is 6.54 Å². The second-order valence-electron chi connectivity index (χ2n) is 6.71. The second kappa shape index (κ2) is 6.59. The molecule has 6 heteroatoms. The first-order valence-electron chi connectivity index (χ1n) is 8.41. The smallest absolute Gasteiger partial charge is 0.152 e. The lowest BCUT2D eigenvalue weighted by Gasteiger charge is -2.12. The SMILES string of the molecule is Cc1ccc(CCNc2c(C)nn(C3CCS(=O)(=O)C3)c2C)cc1. The van der Waals surface area contributed by atoms with Crippen LogP contribution >= 0.6 is 0 Å². The van der Waals surface area contributed by atoms with Crippen LogP contribution in [0.3, 0.4) is 0 Å². The molecule has 0 bridgehead atoms. The molecule has 5 nitrogen and oxygen atoms in total. The minimum atomic E-state index is -2.90. The molecule has 1 fully saturated rings. The topological polar surface area (TPSA) is 64.0 Å². The highest BCUT2D eigenvalue weighted by atomic mass is 32.2. The lowest BCUT2D eigenvalue weighted by Crippen LogP contribution is -2.14. The van der Waals surface area contributed by atoms with E-state index in [0.717, 1.165) is 30.0 Å². The Labute approximate surface area is 144 Å². The van der Waals surface area contributed by atoms with Gasteiger partial charge in [-0.3, -0.25) is 4.68 Å². The fraction of sp³-hybridized carbons (Fsp3) is 0.500. The van der Waals surface area contributed by atoms with Crippen molar-refractivity contribution >= 4 is 15.5 Å². The molecule has 1 aliphatic rings. The monoisotopic (exact) mass is 347 g/mol. The van der Waals surface area contributed by atoms with E-state index >= 15 is 0 Å². The normalized spacial score (nSPS) is 19.5. The average Bonchev–Trinajstić information content (AvgIpc) is 3.02. The Balaban J connectivity index is 1.67. The molecule has 1 unspecified atom stereocenters. The number of aromatic nitrogens is 2. The molecule has 1 N–H and O–H groups in total. The zero-order valence-corrected chi connectivity index (χ0v) is 15.4. The number of rotatable bonds is 5. The van der Waals surface area contributed by atoms with E-state index in [-0.39, 0.29) is 17.5 Å². The highest BCUT2D eigenvalue weighted by Crippen LogP contribution is 2.29. The molecule has 1 saturated heterocycles. The molecule has 0 spiro atoms. The van der Waals surface area contributed by atoms with Gasteiger partial charge >= 0.3 is 0 Å². The maximum Gasteiger partial charge on any atom is 0.152 e. The van der Waals surface area contributed by atoms with Gasteiger partial charge in [-0.2, -0.15) is 5.10 Å². The van der Waals surface area contributed by atoms with Crippen LogP contribution in [0.1, 0.15) is 35.0 Å². The Morgan fingerprint density at radius 3 is 2.54 bits per heavy atom. The summed E-state index contributed by atoms with van der Waals surface area (Å²) < 4.78 is 25.3. The summed E-state index contributed by atoms with van der Waals surface area (Å²) in [5.74, 6) is 0.476. The van der Waals surface area contributed by atoms with Crippen molar-refractivity contribution in [1.29, 1.82) is 0 Å². The van der Waals surface area contributed by atoms with Crippen molar-refractivity contribution in [2.45, 2.75) is 39.7 Å². The predicted molar refractivity (Wildman–Crippen MR) is 97.4 cm³/mol. The van der Waals surface area contributed by atoms with E-state index in [2.05, 4.69) is 41.6 Å². The second-order valence-corrected chi connectivity index (χ2v) is 8.94. The van der Waals surface area contributed by atoms with E-state index in [0.29, 0.717) is 6.42 Å². The molecule has 0 radical (unpaired) electrons. The molecular formula is C18H25N3O2S. The number of benzene rings is 1. The summed E-state index contributed by atoms with van der Waals surface area (Å²) >= 11 is 0. The van der Waals surface area contributed by atoms with Gasteiger partial charge in [0.05, 0.1) is 34.6 Å². The average molecular weight is 347 g/mol. The zero-order valence-electron chi connectivity index (χ0n) is 14.5. The number of aryl methyl sites for hydroxylation is 2. The van der Waals surface area contributed by atoms with Gasteiger partial charge in [-0.15, -0.1) is 0 Å². The van der Waals surface area contributed by atoms with Gasteiger partial charge in [0.15, 0.2) is 9.84 Å². The van der Waals surface area contributed by atoms with Crippen molar-refractivity contribution in [3.05, 3.63) is 46.8 Å². The van der Waals surface area contributed by atoms with Crippen LogP contribution in [0.4, 0.5) is 5.69 Å². The third-order valence-electron chi connectivity index (χ3n) is 4.72. The number of nitrogens with one attached hydrogen (secondary N) is 1. The molecule has 0 saturated carbocycles. The Bertz CT molecular complexity index is 823. The molecule has 2 heterocycles. The van der Waals surface area contributed by atoms with E-state index in [1.54, 1.807) is 0 Å². The molecule has 2 aromatic rings. The summed E-state index contributed by atoms with van der Waals surface area (Å²) in [6.07, 6.45) is 1.61. The number of nitrogens with zero attached hydrogens (tertiary/aromatic N) is 2. The summed E-state index contributed by atoms with van der Waals surface area (Å²) in [5.41, 5.74) is 5.56. The molecule has 1 aromatic heterocycles. The van der Waals surface area contributed by atoms with Gasteiger partial charge < -0.3 is 5.32 Å². The first kappa shape index (κ1) is 17.0. The largest absolute Gasteiger partial charge is 0.382 e. The summed E-state index contributed by atoms with van der Waals surface area (Å²) in [5, 5.41) is 8.06. The molecular weight excluding hydrogens is 322 g/mol. The molecule has 0 aliphatic carbocycles. The van der Waals surface area contributed by atoms with Crippen molar-refractivity contribution in [2.75, 3.05) is 23.4 Å². The minimum Gasteiger partial charge on any atom is -0.382 e.